The van der Waals surface area contributed by atoms with Crippen LogP contribution in [0.5, 0.6) is 0 Å². The topological polar surface area (TPSA) is 97.0 Å². The average molecular weight is 356 g/mol. The van der Waals surface area contributed by atoms with Gasteiger partial charge in [-0.25, -0.2) is 0 Å². The second kappa shape index (κ2) is 8.37. The summed E-state index contributed by atoms with van der Waals surface area (Å²) in [6, 6.07) is 0. The van der Waals surface area contributed by atoms with Crippen molar-refractivity contribution in [2.24, 2.45) is 0 Å². The molecule has 0 aliphatic carbocycles. The zero-order chi connectivity index (χ0) is 16.8. The van der Waals surface area contributed by atoms with Crippen molar-refractivity contribution in [2.75, 3.05) is 24.7 Å². The number of nitrogens with one attached hydrogen (secondary N) is 1. The fourth-order valence-corrected chi connectivity index (χ4v) is 3.36. The Balaban J connectivity index is 1.81. The van der Waals surface area contributed by atoms with Gasteiger partial charge in [0, 0.05) is 5.92 Å². The Morgan fingerprint density at radius 1 is 1.43 bits per heavy atom. The van der Waals surface area contributed by atoms with E-state index in [1.54, 1.807) is 16.7 Å². The molecule has 1 N–H and O–H groups in total. The first kappa shape index (κ1) is 17.8. The highest BCUT2D eigenvalue weighted by atomic mass is 32.2. The van der Waals surface area contributed by atoms with Crippen LogP contribution in [-0.2, 0) is 11.3 Å². The Labute approximate surface area is 143 Å². The second-order valence-electron chi connectivity index (χ2n) is 5.23. The Morgan fingerprint density at radius 2 is 2.22 bits per heavy atom. The molecule has 2 aromatic rings. The van der Waals surface area contributed by atoms with E-state index in [0.717, 1.165) is 10.1 Å². The van der Waals surface area contributed by atoms with Gasteiger partial charge in [-0.1, -0.05) is 49.0 Å². The lowest BCUT2D eigenvalue weighted by Gasteiger charge is -2.12. The Morgan fingerprint density at radius 3 is 2.87 bits per heavy atom. The minimum Gasteiger partial charge on any atom is -0.338 e. The molecule has 8 nitrogen and oxygen atoms in total. The first-order chi connectivity index (χ1) is 11.0. The SMILES string of the molecule is CCSc1nnc(NC(=O)CN(C)Cc2nc(C(C)C)no2)s1. The predicted octanol–water partition coefficient (Wildman–Crippen LogP) is 2.23. The van der Waals surface area contributed by atoms with E-state index in [4.69, 9.17) is 4.52 Å². The first-order valence-electron chi connectivity index (χ1n) is 7.25. The predicted molar refractivity (Wildman–Crippen MR) is 89.7 cm³/mol. The third-order valence-electron chi connectivity index (χ3n) is 2.74. The molecule has 0 aliphatic rings. The van der Waals surface area contributed by atoms with Crippen molar-refractivity contribution < 1.29 is 9.32 Å². The number of hydrogen-bond acceptors (Lipinski definition) is 9. The summed E-state index contributed by atoms with van der Waals surface area (Å²) >= 11 is 2.97. The molecule has 0 aromatic carbocycles. The van der Waals surface area contributed by atoms with E-state index in [1.165, 1.54) is 11.3 Å². The molecule has 2 aromatic heterocycles. The van der Waals surface area contributed by atoms with E-state index >= 15 is 0 Å². The largest absolute Gasteiger partial charge is 0.338 e. The molecule has 0 atom stereocenters. The molecule has 126 valence electrons. The van der Waals surface area contributed by atoms with Gasteiger partial charge in [-0.15, -0.1) is 10.2 Å². The van der Waals surface area contributed by atoms with E-state index in [9.17, 15) is 4.79 Å². The normalized spacial score (nSPS) is 11.4. The first-order valence-corrected chi connectivity index (χ1v) is 9.05. The molecule has 0 aliphatic heterocycles. The van der Waals surface area contributed by atoms with Gasteiger partial charge in [0.2, 0.25) is 16.9 Å². The number of aromatic nitrogens is 4. The smallest absolute Gasteiger partial charge is 0.240 e. The van der Waals surface area contributed by atoms with Crippen LogP contribution >= 0.6 is 23.1 Å². The zero-order valence-electron chi connectivity index (χ0n) is 13.6. The van der Waals surface area contributed by atoms with Crippen molar-refractivity contribution >= 4 is 34.1 Å². The number of rotatable bonds is 8. The van der Waals surface area contributed by atoms with Gasteiger partial charge in [-0.3, -0.25) is 15.0 Å². The fraction of sp³-hybridized carbons (Fsp3) is 0.615. The van der Waals surface area contributed by atoms with Gasteiger partial charge in [-0.05, 0) is 12.8 Å². The van der Waals surface area contributed by atoms with Crippen LogP contribution in [0.25, 0.3) is 0 Å². The van der Waals surface area contributed by atoms with E-state index in [0.29, 0.717) is 23.4 Å². The summed E-state index contributed by atoms with van der Waals surface area (Å²) in [5.74, 6) is 2.16. The summed E-state index contributed by atoms with van der Waals surface area (Å²) in [7, 11) is 1.82. The van der Waals surface area contributed by atoms with E-state index in [-0.39, 0.29) is 18.4 Å². The van der Waals surface area contributed by atoms with Crippen LogP contribution in [-0.4, -0.2) is 50.5 Å². The van der Waals surface area contributed by atoms with Gasteiger partial charge in [0.1, 0.15) is 0 Å². The molecule has 2 heterocycles. The second-order valence-corrected chi connectivity index (χ2v) is 7.72. The zero-order valence-corrected chi connectivity index (χ0v) is 15.2. The van der Waals surface area contributed by atoms with Crippen LogP contribution in [0.3, 0.4) is 0 Å². The van der Waals surface area contributed by atoms with E-state index in [1.807, 2.05) is 27.8 Å². The minimum absolute atomic E-state index is 0.153. The highest BCUT2D eigenvalue weighted by Gasteiger charge is 2.14. The number of carbonyl (C=O) groups is 1. The van der Waals surface area contributed by atoms with Crippen LogP contribution in [0.4, 0.5) is 5.13 Å². The Bertz CT molecular complexity index is 642. The number of hydrogen-bond donors (Lipinski definition) is 1. The average Bonchev–Trinajstić information content (AvgIpc) is 3.08. The molecule has 0 bridgehead atoms. The molecule has 0 spiro atoms. The number of nitrogens with zero attached hydrogens (tertiary/aromatic N) is 5. The van der Waals surface area contributed by atoms with Crippen molar-refractivity contribution in [3.8, 4) is 0 Å². The Hall–Kier alpha value is -1.52. The lowest BCUT2D eigenvalue weighted by atomic mass is 10.2. The summed E-state index contributed by atoms with van der Waals surface area (Å²) < 4.78 is 6.02. The van der Waals surface area contributed by atoms with Crippen LogP contribution in [0, 0.1) is 0 Å². The van der Waals surface area contributed by atoms with Crippen LogP contribution < -0.4 is 5.32 Å². The highest BCUT2D eigenvalue weighted by molar-refractivity contribution is 8.01. The summed E-state index contributed by atoms with van der Waals surface area (Å²) in [5, 5.41) is 15.1. The number of amides is 1. The molecule has 0 fully saturated rings. The maximum atomic E-state index is 12.0. The Kier molecular flexibility index (Phi) is 6.48. The number of carbonyl (C=O) groups excluding carboxylic acids is 1. The molecular formula is C13H20N6O2S2. The minimum atomic E-state index is -0.153. The summed E-state index contributed by atoms with van der Waals surface area (Å²) in [4.78, 5) is 18.1. The van der Waals surface area contributed by atoms with Gasteiger partial charge in [0.15, 0.2) is 10.2 Å². The molecule has 1 amide bonds. The number of anilines is 1. The summed E-state index contributed by atoms with van der Waals surface area (Å²) in [5.41, 5.74) is 0. The third-order valence-corrected chi connectivity index (χ3v) is 4.59. The number of likely N-dealkylation sites (N-methyl/N-ethyl adjacent to an activating group) is 1. The van der Waals surface area contributed by atoms with Crippen LogP contribution in [0.2, 0.25) is 0 Å². The molecule has 0 saturated carbocycles. The fourth-order valence-electron chi connectivity index (χ4n) is 1.70. The van der Waals surface area contributed by atoms with Gasteiger partial charge in [-0.2, -0.15) is 4.98 Å². The molecule has 0 saturated heterocycles. The summed E-state index contributed by atoms with van der Waals surface area (Å²) in [6.45, 7) is 6.66. The highest BCUT2D eigenvalue weighted by Crippen LogP contribution is 2.24. The quantitative estimate of drug-likeness (QED) is 0.568. The maximum Gasteiger partial charge on any atom is 0.240 e. The molecular weight excluding hydrogens is 336 g/mol. The molecule has 10 heteroatoms. The van der Waals surface area contributed by atoms with E-state index < -0.39 is 0 Å². The van der Waals surface area contributed by atoms with Gasteiger partial charge >= 0.3 is 0 Å². The van der Waals surface area contributed by atoms with Gasteiger partial charge < -0.3 is 4.52 Å². The molecule has 0 unspecified atom stereocenters. The maximum absolute atomic E-state index is 12.0. The standard InChI is InChI=1S/C13H20N6O2S2/c1-5-22-13-17-16-12(23-13)14-9(20)6-19(4)7-10-15-11(8(2)3)18-21-10/h8H,5-7H2,1-4H3,(H,14,16,20). The number of thioether (sulfide) groups is 1. The third kappa shape index (κ3) is 5.56. The van der Waals surface area contributed by atoms with Crippen LogP contribution in [0.1, 0.15) is 38.4 Å². The van der Waals surface area contributed by atoms with Gasteiger partial charge in [0.05, 0.1) is 13.1 Å². The van der Waals surface area contributed by atoms with Crippen molar-refractivity contribution in [1.82, 2.24) is 25.2 Å². The van der Waals surface area contributed by atoms with E-state index in [2.05, 4.69) is 25.7 Å². The van der Waals surface area contributed by atoms with Gasteiger partial charge in [0.25, 0.3) is 0 Å². The molecule has 23 heavy (non-hydrogen) atoms. The lowest BCUT2D eigenvalue weighted by Crippen LogP contribution is -2.29. The van der Waals surface area contributed by atoms with Crippen molar-refractivity contribution in [2.45, 2.75) is 37.6 Å². The lowest BCUT2D eigenvalue weighted by molar-refractivity contribution is -0.117. The van der Waals surface area contributed by atoms with Crippen molar-refractivity contribution in [3.05, 3.63) is 11.7 Å². The summed E-state index contributed by atoms with van der Waals surface area (Å²) in [6.07, 6.45) is 0. The molecule has 2 rings (SSSR count). The van der Waals surface area contributed by atoms with Crippen LogP contribution in [0.15, 0.2) is 8.86 Å². The monoisotopic (exact) mass is 356 g/mol. The van der Waals surface area contributed by atoms with Crippen molar-refractivity contribution in [3.63, 3.8) is 0 Å². The molecule has 0 radical (unpaired) electrons. The van der Waals surface area contributed by atoms with Crippen molar-refractivity contribution in [1.29, 1.82) is 0 Å².